The number of rotatable bonds is 2. The lowest BCUT2D eigenvalue weighted by Crippen LogP contribution is -2.12. The van der Waals surface area contributed by atoms with Crippen molar-refractivity contribution in [2.24, 2.45) is 0 Å². The minimum absolute atomic E-state index is 0.234. The maximum Gasteiger partial charge on any atom is 0.271 e. The van der Waals surface area contributed by atoms with Crippen LogP contribution in [0.4, 0.5) is 5.69 Å². The average Bonchev–Trinajstić information content (AvgIpc) is 3.03. The predicted octanol–water partition coefficient (Wildman–Crippen LogP) is 2.18. The van der Waals surface area contributed by atoms with Gasteiger partial charge in [0, 0.05) is 28.5 Å². The van der Waals surface area contributed by atoms with Gasteiger partial charge in [-0.05, 0) is 25.1 Å². The van der Waals surface area contributed by atoms with Gasteiger partial charge in [-0.2, -0.15) is 0 Å². The molecule has 6 heteroatoms. The van der Waals surface area contributed by atoms with Crippen molar-refractivity contribution in [2.45, 2.75) is 6.92 Å². The smallest absolute Gasteiger partial charge is 0.271 e. The molecule has 3 N–H and O–H groups in total. The molecule has 0 saturated carbocycles. The average molecular weight is 272 g/mol. The number of anilines is 1. The van der Waals surface area contributed by atoms with Crippen LogP contribution in [0.5, 0.6) is 0 Å². The third kappa shape index (κ3) is 2.06. The summed E-state index contributed by atoms with van der Waals surface area (Å²) in [6.45, 7) is 1.87. The number of thiophene rings is 1. The molecule has 0 fully saturated rings. The van der Waals surface area contributed by atoms with Crippen molar-refractivity contribution in [1.29, 1.82) is 0 Å². The van der Waals surface area contributed by atoms with E-state index in [2.05, 4.69) is 9.97 Å². The summed E-state index contributed by atoms with van der Waals surface area (Å²) in [6, 6.07) is 5.75. The van der Waals surface area contributed by atoms with Crippen LogP contribution >= 0.6 is 11.3 Å². The van der Waals surface area contributed by atoms with Crippen molar-refractivity contribution < 1.29 is 0 Å². The number of nitrogens with one attached hydrogen (secondary N) is 1. The Morgan fingerprint density at radius 2 is 2.26 bits per heavy atom. The summed E-state index contributed by atoms with van der Waals surface area (Å²) in [5.74, 6) is 0. The molecular weight excluding hydrogens is 260 g/mol. The number of aromatic amines is 1. The normalized spacial score (nSPS) is 10.8. The Morgan fingerprint density at radius 3 is 3.00 bits per heavy atom. The van der Waals surface area contributed by atoms with Crippen molar-refractivity contribution in [2.75, 3.05) is 5.73 Å². The first kappa shape index (κ1) is 11.7. The number of aryl methyl sites for hydroxylation is 1. The van der Waals surface area contributed by atoms with Gasteiger partial charge in [0.05, 0.1) is 12.0 Å². The van der Waals surface area contributed by atoms with Gasteiger partial charge in [0.15, 0.2) is 0 Å². The van der Waals surface area contributed by atoms with E-state index in [1.54, 1.807) is 29.9 Å². The van der Waals surface area contributed by atoms with Crippen LogP contribution in [0, 0.1) is 6.92 Å². The second kappa shape index (κ2) is 4.40. The molecule has 19 heavy (non-hydrogen) atoms. The van der Waals surface area contributed by atoms with Crippen LogP contribution in [0.15, 0.2) is 41.7 Å². The molecule has 0 spiro atoms. The van der Waals surface area contributed by atoms with Gasteiger partial charge in [-0.25, -0.2) is 4.98 Å². The Labute approximate surface area is 113 Å². The molecule has 0 bridgehead atoms. The third-order valence-electron chi connectivity index (χ3n) is 2.88. The maximum absolute atomic E-state index is 11.4. The number of hydrogen-bond acceptors (Lipinski definition) is 4. The van der Waals surface area contributed by atoms with Crippen LogP contribution in [-0.2, 0) is 0 Å². The first-order chi connectivity index (χ1) is 9.15. The molecule has 0 saturated heterocycles. The lowest BCUT2D eigenvalue weighted by Gasteiger charge is -2.04. The molecule has 3 rings (SSSR count). The molecule has 0 atom stereocenters. The topological polar surface area (TPSA) is 76.7 Å². The zero-order valence-corrected chi connectivity index (χ0v) is 11.1. The zero-order valence-electron chi connectivity index (χ0n) is 10.3. The number of aromatic nitrogens is 3. The molecule has 0 aliphatic rings. The molecule has 96 valence electrons. The standard InChI is InChI=1S/C13H12N4OS/c1-8-9(6-10(14)13(18)16-8)11-2-3-12(19-11)17-5-4-15-7-17/h2-7H,14H2,1H3,(H,16,18). The first-order valence-electron chi connectivity index (χ1n) is 5.73. The number of H-pyrrole nitrogens is 1. The number of imidazole rings is 1. The lowest BCUT2D eigenvalue weighted by molar-refractivity contribution is 1.09. The van der Waals surface area contributed by atoms with Crippen molar-refractivity contribution in [3.8, 4) is 15.4 Å². The summed E-state index contributed by atoms with van der Waals surface area (Å²) in [7, 11) is 0. The molecule has 3 heterocycles. The predicted molar refractivity (Wildman–Crippen MR) is 76.6 cm³/mol. The highest BCUT2D eigenvalue weighted by molar-refractivity contribution is 7.17. The summed E-state index contributed by atoms with van der Waals surface area (Å²) < 4.78 is 1.94. The van der Waals surface area contributed by atoms with E-state index in [0.717, 1.165) is 21.1 Å². The van der Waals surface area contributed by atoms with Gasteiger partial charge >= 0.3 is 0 Å². The molecule has 0 radical (unpaired) electrons. The molecule has 0 aliphatic carbocycles. The molecule has 0 aromatic carbocycles. The monoisotopic (exact) mass is 272 g/mol. The quantitative estimate of drug-likeness (QED) is 0.750. The van der Waals surface area contributed by atoms with E-state index in [0.29, 0.717) is 0 Å². The number of nitrogen functional groups attached to an aromatic ring is 1. The summed E-state index contributed by atoms with van der Waals surface area (Å²) in [4.78, 5) is 19.3. The largest absolute Gasteiger partial charge is 0.394 e. The zero-order chi connectivity index (χ0) is 13.4. The highest BCUT2D eigenvalue weighted by Gasteiger charge is 2.09. The molecule has 0 unspecified atom stereocenters. The Kier molecular flexibility index (Phi) is 2.72. The fourth-order valence-electron chi connectivity index (χ4n) is 1.90. The minimum Gasteiger partial charge on any atom is -0.394 e. The van der Waals surface area contributed by atoms with E-state index >= 15 is 0 Å². The van der Waals surface area contributed by atoms with Crippen LogP contribution in [0.3, 0.4) is 0 Å². The van der Waals surface area contributed by atoms with Crippen LogP contribution in [0.25, 0.3) is 15.4 Å². The van der Waals surface area contributed by atoms with Gasteiger partial charge in [0.1, 0.15) is 5.00 Å². The Bertz CT molecular complexity index is 770. The first-order valence-corrected chi connectivity index (χ1v) is 6.55. The van der Waals surface area contributed by atoms with Gasteiger partial charge in [-0.1, -0.05) is 0 Å². The summed E-state index contributed by atoms with van der Waals surface area (Å²) in [5.41, 5.74) is 7.44. The molecule has 3 aromatic heterocycles. The SMILES string of the molecule is Cc1[nH]c(=O)c(N)cc1-c1ccc(-n2ccnc2)s1. The molecular formula is C13H12N4OS. The van der Waals surface area contributed by atoms with E-state index < -0.39 is 0 Å². The van der Waals surface area contributed by atoms with Gasteiger partial charge in [-0.15, -0.1) is 11.3 Å². The van der Waals surface area contributed by atoms with Crippen molar-refractivity contribution in [3.05, 3.63) is 53.0 Å². The van der Waals surface area contributed by atoms with Crippen molar-refractivity contribution >= 4 is 17.0 Å². The molecule has 0 aliphatic heterocycles. The van der Waals surface area contributed by atoms with E-state index in [9.17, 15) is 4.79 Å². The van der Waals surface area contributed by atoms with Gasteiger partial charge in [0.25, 0.3) is 5.56 Å². The Morgan fingerprint density at radius 1 is 1.42 bits per heavy atom. The van der Waals surface area contributed by atoms with Crippen LogP contribution in [0.2, 0.25) is 0 Å². The van der Waals surface area contributed by atoms with Gasteiger partial charge in [0.2, 0.25) is 0 Å². The second-order valence-electron chi connectivity index (χ2n) is 4.20. The number of hydrogen-bond donors (Lipinski definition) is 2. The minimum atomic E-state index is -0.243. The Hall–Kier alpha value is -2.34. The van der Waals surface area contributed by atoms with E-state index in [1.165, 1.54) is 0 Å². The highest BCUT2D eigenvalue weighted by Crippen LogP contribution is 2.31. The van der Waals surface area contributed by atoms with Crippen LogP contribution < -0.4 is 11.3 Å². The van der Waals surface area contributed by atoms with E-state index in [4.69, 9.17) is 5.73 Å². The summed E-state index contributed by atoms with van der Waals surface area (Å²) in [5, 5.41) is 1.07. The lowest BCUT2D eigenvalue weighted by atomic mass is 10.1. The fourth-order valence-corrected chi connectivity index (χ4v) is 2.93. The Balaban J connectivity index is 2.09. The van der Waals surface area contributed by atoms with Crippen LogP contribution in [0.1, 0.15) is 5.69 Å². The van der Waals surface area contributed by atoms with Crippen molar-refractivity contribution in [1.82, 2.24) is 14.5 Å². The van der Waals surface area contributed by atoms with E-state index in [1.807, 2.05) is 29.8 Å². The number of pyridine rings is 1. The third-order valence-corrected chi connectivity index (χ3v) is 4.02. The summed E-state index contributed by atoms with van der Waals surface area (Å²) in [6.07, 6.45) is 5.38. The summed E-state index contributed by atoms with van der Waals surface area (Å²) >= 11 is 1.62. The second-order valence-corrected chi connectivity index (χ2v) is 5.26. The van der Waals surface area contributed by atoms with Gasteiger partial charge in [-0.3, -0.25) is 9.36 Å². The highest BCUT2D eigenvalue weighted by atomic mass is 32.1. The van der Waals surface area contributed by atoms with Crippen LogP contribution in [-0.4, -0.2) is 14.5 Å². The maximum atomic E-state index is 11.4. The fraction of sp³-hybridized carbons (Fsp3) is 0.0769. The molecule has 0 amide bonds. The number of nitrogens with zero attached hydrogens (tertiary/aromatic N) is 2. The molecule has 3 aromatic rings. The van der Waals surface area contributed by atoms with Crippen molar-refractivity contribution in [3.63, 3.8) is 0 Å². The van der Waals surface area contributed by atoms with Gasteiger partial charge < -0.3 is 10.7 Å². The number of nitrogens with two attached hydrogens (primary N) is 1. The van der Waals surface area contributed by atoms with E-state index in [-0.39, 0.29) is 11.2 Å². The molecule has 5 nitrogen and oxygen atoms in total.